The van der Waals surface area contributed by atoms with E-state index in [-0.39, 0.29) is 25.5 Å². The van der Waals surface area contributed by atoms with Crippen LogP contribution in [0.25, 0.3) is 0 Å². The monoisotopic (exact) mass is 338 g/mol. The number of carboxylic acids is 1. The molecule has 0 aliphatic carbocycles. The highest BCUT2D eigenvalue weighted by molar-refractivity contribution is 5.98. The number of ether oxygens (including phenoxy) is 1. The van der Waals surface area contributed by atoms with Crippen molar-refractivity contribution in [2.45, 2.75) is 45.6 Å². The van der Waals surface area contributed by atoms with Gasteiger partial charge in [-0.05, 0) is 27.2 Å². The van der Waals surface area contributed by atoms with Crippen molar-refractivity contribution < 1.29 is 24.5 Å². The van der Waals surface area contributed by atoms with Gasteiger partial charge in [0.25, 0.3) is 0 Å². The lowest BCUT2D eigenvalue weighted by molar-refractivity contribution is -0.137. The number of carbonyl (C=O) groups excluding carboxylic acids is 1. The molecule has 0 unspecified atom stereocenters. The number of carboxylic acid groups (broad SMARTS) is 1. The maximum absolute atomic E-state index is 11.6. The minimum Gasteiger partial charge on any atom is -0.481 e. The fourth-order valence-electron chi connectivity index (χ4n) is 1.61. The van der Waals surface area contributed by atoms with Gasteiger partial charge in [0.05, 0.1) is 24.3 Å². The quantitative estimate of drug-likeness (QED) is 0.343. The molecule has 3 N–H and O–H groups in total. The summed E-state index contributed by atoms with van der Waals surface area (Å²) in [6, 6.07) is 0.142. The molecule has 1 heterocycles. The van der Waals surface area contributed by atoms with Crippen LogP contribution in [0.2, 0.25) is 0 Å². The van der Waals surface area contributed by atoms with E-state index in [1.165, 1.54) is 26.2 Å². The standard InChI is InChI=1S/C15H22N4O5/c1-10(18-19-12(20)7-15(2,3)23)11-8-16-14(17-9-11)24-6-4-5-13(21)22/h8-9,23H,4-7H2,1-3H3,(H,19,20)(H,21,22)/b18-10+. The highest BCUT2D eigenvalue weighted by Crippen LogP contribution is 2.07. The molecular weight excluding hydrogens is 316 g/mol. The third-order valence-corrected chi connectivity index (χ3v) is 2.75. The molecule has 0 spiro atoms. The summed E-state index contributed by atoms with van der Waals surface area (Å²) in [5.41, 5.74) is 2.34. The first kappa shape index (κ1) is 19.5. The fourth-order valence-corrected chi connectivity index (χ4v) is 1.61. The molecule has 0 aromatic carbocycles. The summed E-state index contributed by atoms with van der Waals surface area (Å²) in [7, 11) is 0. The average Bonchev–Trinajstić information content (AvgIpc) is 2.48. The Labute approximate surface area is 139 Å². The van der Waals surface area contributed by atoms with Crippen molar-refractivity contribution >= 4 is 17.6 Å². The van der Waals surface area contributed by atoms with E-state index in [1.54, 1.807) is 6.92 Å². The minimum atomic E-state index is -1.10. The highest BCUT2D eigenvalue weighted by atomic mass is 16.5. The molecule has 0 aliphatic heterocycles. The van der Waals surface area contributed by atoms with E-state index in [0.29, 0.717) is 17.7 Å². The SMILES string of the molecule is C/C(=N\NC(=O)CC(C)(C)O)c1cnc(OCCCC(=O)O)nc1. The zero-order valence-corrected chi connectivity index (χ0v) is 13.9. The van der Waals surface area contributed by atoms with Crippen molar-refractivity contribution in [3.63, 3.8) is 0 Å². The number of aliphatic carboxylic acids is 1. The van der Waals surface area contributed by atoms with Crippen molar-refractivity contribution in [1.82, 2.24) is 15.4 Å². The van der Waals surface area contributed by atoms with Gasteiger partial charge in [-0.1, -0.05) is 0 Å². The molecule has 0 radical (unpaired) electrons. The predicted molar refractivity (Wildman–Crippen MR) is 85.7 cm³/mol. The summed E-state index contributed by atoms with van der Waals surface area (Å²) in [5.74, 6) is -1.28. The van der Waals surface area contributed by atoms with Crippen LogP contribution < -0.4 is 10.2 Å². The third kappa shape index (κ3) is 8.18. The van der Waals surface area contributed by atoms with E-state index < -0.39 is 17.5 Å². The largest absolute Gasteiger partial charge is 0.481 e. The molecule has 1 aromatic rings. The number of nitrogens with zero attached hydrogens (tertiary/aromatic N) is 3. The van der Waals surface area contributed by atoms with E-state index >= 15 is 0 Å². The molecule has 1 rings (SSSR count). The van der Waals surface area contributed by atoms with Crippen LogP contribution in [0.15, 0.2) is 17.5 Å². The molecule has 9 heteroatoms. The predicted octanol–water partition coefficient (Wildman–Crippen LogP) is 0.721. The van der Waals surface area contributed by atoms with Crippen LogP contribution in [0.4, 0.5) is 0 Å². The van der Waals surface area contributed by atoms with Crippen molar-refractivity contribution in [2.75, 3.05) is 6.61 Å². The Morgan fingerprint density at radius 2 is 1.96 bits per heavy atom. The molecule has 24 heavy (non-hydrogen) atoms. The van der Waals surface area contributed by atoms with Gasteiger partial charge >= 0.3 is 12.0 Å². The lowest BCUT2D eigenvalue weighted by Gasteiger charge is -2.14. The summed E-state index contributed by atoms with van der Waals surface area (Å²) >= 11 is 0. The van der Waals surface area contributed by atoms with Crippen LogP contribution in [-0.2, 0) is 9.59 Å². The topological polar surface area (TPSA) is 134 Å². The Morgan fingerprint density at radius 3 is 2.50 bits per heavy atom. The number of rotatable bonds is 9. The average molecular weight is 338 g/mol. The number of aliphatic hydroxyl groups is 1. The zero-order chi connectivity index (χ0) is 18.2. The minimum absolute atomic E-state index is 0.0220. The lowest BCUT2D eigenvalue weighted by atomic mass is 10.1. The number of aromatic nitrogens is 2. The van der Waals surface area contributed by atoms with E-state index in [4.69, 9.17) is 9.84 Å². The second kappa shape index (κ2) is 8.92. The van der Waals surface area contributed by atoms with Gasteiger partial charge in [-0.2, -0.15) is 5.10 Å². The van der Waals surface area contributed by atoms with Crippen LogP contribution in [0.5, 0.6) is 6.01 Å². The fraction of sp³-hybridized carbons (Fsp3) is 0.533. The van der Waals surface area contributed by atoms with Gasteiger partial charge in [0.1, 0.15) is 0 Å². The Balaban J connectivity index is 2.50. The van der Waals surface area contributed by atoms with Gasteiger partial charge in [-0.3, -0.25) is 9.59 Å². The summed E-state index contributed by atoms with van der Waals surface area (Å²) in [4.78, 5) is 29.9. The molecule has 0 bridgehead atoms. The van der Waals surface area contributed by atoms with E-state index in [9.17, 15) is 14.7 Å². The summed E-state index contributed by atoms with van der Waals surface area (Å²) in [6.45, 7) is 4.96. The molecule has 0 aliphatic rings. The molecule has 0 atom stereocenters. The van der Waals surface area contributed by atoms with Crippen molar-refractivity contribution in [3.05, 3.63) is 18.0 Å². The molecule has 0 saturated carbocycles. The van der Waals surface area contributed by atoms with Gasteiger partial charge < -0.3 is 14.9 Å². The second-order valence-corrected chi connectivity index (χ2v) is 5.82. The van der Waals surface area contributed by atoms with E-state index in [1.807, 2.05) is 0 Å². The van der Waals surface area contributed by atoms with Crippen molar-refractivity contribution in [1.29, 1.82) is 0 Å². The molecule has 132 valence electrons. The second-order valence-electron chi connectivity index (χ2n) is 5.82. The third-order valence-electron chi connectivity index (χ3n) is 2.75. The number of carbonyl (C=O) groups is 2. The smallest absolute Gasteiger partial charge is 0.316 e. The summed E-state index contributed by atoms with van der Waals surface area (Å²) in [5, 5.41) is 22.0. The molecule has 0 fully saturated rings. The number of hydrogen-bond acceptors (Lipinski definition) is 7. The van der Waals surface area contributed by atoms with Gasteiger partial charge in [-0.15, -0.1) is 0 Å². The lowest BCUT2D eigenvalue weighted by Crippen LogP contribution is -2.30. The first-order valence-electron chi connectivity index (χ1n) is 7.40. The number of nitrogens with one attached hydrogen (secondary N) is 1. The van der Waals surface area contributed by atoms with Gasteiger partial charge in [-0.25, -0.2) is 15.4 Å². The highest BCUT2D eigenvalue weighted by Gasteiger charge is 2.17. The Hall–Kier alpha value is -2.55. The van der Waals surface area contributed by atoms with Gasteiger partial charge in [0.15, 0.2) is 0 Å². The first-order valence-corrected chi connectivity index (χ1v) is 7.40. The molecule has 1 aromatic heterocycles. The molecule has 9 nitrogen and oxygen atoms in total. The first-order chi connectivity index (χ1) is 11.2. The van der Waals surface area contributed by atoms with Crippen molar-refractivity contribution in [2.24, 2.45) is 5.10 Å². The maximum Gasteiger partial charge on any atom is 0.316 e. The zero-order valence-electron chi connectivity index (χ0n) is 13.9. The van der Waals surface area contributed by atoms with Crippen LogP contribution in [0.1, 0.15) is 45.6 Å². The van der Waals surface area contributed by atoms with Crippen LogP contribution >= 0.6 is 0 Å². The Bertz CT molecular complexity index is 593. The Kier molecular flexibility index (Phi) is 7.25. The Morgan fingerprint density at radius 1 is 1.33 bits per heavy atom. The summed E-state index contributed by atoms with van der Waals surface area (Å²) in [6.07, 6.45) is 3.30. The van der Waals surface area contributed by atoms with Gasteiger partial charge in [0.2, 0.25) is 5.91 Å². The molecular formula is C15H22N4O5. The van der Waals surface area contributed by atoms with Crippen molar-refractivity contribution in [3.8, 4) is 6.01 Å². The number of hydrogen-bond donors (Lipinski definition) is 3. The number of hydrazone groups is 1. The molecule has 1 amide bonds. The number of amides is 1. The van der Waals surface area contributed by atoms with E-state index in [0.717, 1.165) is 0 Å². The van der Waals surface area contributed by atoms with Crippen LogP contribution in [0.3, 0.4) is 0 Å². The maximum atomic E-state index is 11.6. The normalized spacial score (nSPS) is 11.9. The van der Waals surface area contributed by atoms with Crippen LogP contribution in [-0.4, -0.2) is 50.0 Å². The van der Waals surface area contributed by atoms with Crippen LogP contribution in [0, 0.1) is 0 Å². The van der Waals surface area contributed by atoms with Gasteiger partial charge in [0, 0.05) is 24.4 Å². The molecule has 0 saturated heterocycles. The summed E-state index contributed by atoms with van der Waals surface area (Å²) < 4.78 is 5.22. The van der Waals surface area contributed by atoms with E-state index in [2.05, 4.69) is 20.5 Å².